The second-order valence-corrected chi connectivity index (χ2v) is 8.74. The first-order valence-corrected chi connectivity index (χ1v) is 9.63. The summed E-state index contributed by atoms with van der Waals surface area (Å²) in [6.45, 7) is 12.9. The molecule has 0 unspecified atom stereocenters. The second-order valence-electron chi connectivity index (χ2n) is 8.74. The fourth-order valence-electron chi connectivity index (χ4n) is 3.70. The zero-order chi connectivity index (χ0) is 19.8. The van der Waals surface area contributed by atoms with Gasteiger partial charge in [-0.2, -0.15) is 9.61 Å². The molecule has 0 aliphatic rings. The number of quaternary nitrogens is 1. The Balaban J connectivity index is 2.00. The smallest absolute Gasteiger partial charge is 0.158 e. The number of fused-ring (bicyclic) bond motifs is 1. The van der Waals surface area contributed by atoms with Gasteiger partial charge in [-0.25, -0.2) is 4.98 Å². The van der Waals surface area contributed by atoms with Crippen molar-refractivity contribution < 1.29 is 4.90 Å². The van der Waals surface area contributed by atoms with E-state index in [2.05, 4.69) is 84.4 Å². The van der Waals surface area contributed by atoms with E-state index in [4.69, 9.17) is 10.1 Å². The first kappa shape index (κ1) is 19.4. The summed E-state index contributed by atoms with van der Waals surface area (Å²) in [6.07, 6.45) is 0. The molecule has 0 amide bonds. The van der Waals surface area contributed by atoms with Gasteiger partial charge in [0.15, 0.2) is 5.65 Å². The molecule has 0 spiro atoms. The molecular weight excluding hydrogens is 334 g/mol. The molecule has 0 atom stereocenters. The van der Waals surface area contributed by atoms with E-state index in [0.717, 1.165) is 47.1 Å². The summed E-state index contributed by atoms with van der Waals surface area (Å²) in [7, 11) is 4.40. The van der Waals surface area contributed by atoms with Gasteiger partial charge in [-0.05, 0) is 26.8 Å². The maximum absolute atomic E-state index is 4.87. The van der Waals surface area contributed by atoms with Crippen LogP contribution in [0.4, 0.5) is 5.82 Å². The fourth-order valence-corrected chi connectivity index (χ4v) is 3.70. The topological polar surface area (TPSA) is 46.7 Å². The number of benzene rings is 1. The molecule has 0 radical (unpaired) electrons. The Hall–Kier alpha value is -2.40. The predicted octanol–water partition coefficient (Wildman–Crippen LogP) is 2.90. The van der Waals surface area contributed by atoms with E-state index in [1.54, 1.807) is 0 Å². The van der Waals surface area contributed by atoms with Crippen molar-refractivity contribution in [2.75, 3.05) is 32.5 Å². The molecule has 2 N–H and O–H groups in total. The van der Waals surface area contributed by atoms with Gasteiger partial charge in [0.05, 0.1) is 26.3 Å². The quantitative estimate of drug-likeness (QED) is 0.705. The molecule has 2 heterocycles. The fraction of sp³-hybridized carbons (Fsp3) is 0.455. The van der Waals surface area contributed by atoms with Crippen molar-refractivity contribution in [2.24, 2.45) is 5.41 Å². The summed E-state index contributed by atoms with van der Waals surface area (Å²) in [5.41, 5.74) is 6.56. The Morgan fingerprint density at radius 3 is 2.52 bits per heavy atom. The third-order valence-corrected chi connectivity index (χ3v) is 4.96. The minimum absolute atomic E-state index is 0.182. The Kier molecular flexibility index (Phi) is 5.24. The van der Waals surface area contributed by atoms with Gasteiger partial charge in [0.1, 0.15) is 5.82 Å². The molecule has 0 saturated carbocycles. The number of hydrogen-bond donors (Lipinski definition) is 2. The number of hydrogen-bond acceptors (Lipinski definition) is 3. The number of anilines is 1. The van der Waals surface area contributed by atoms with E-state index in [1.165, 1.54) is 10.5 Å². The third kappa shape index (κ3) is 4.30. The van der Waals surface area contributed by atoms with Crippen LogP contribution in [-0.4, -0.2) is 41.8 Å². The monoisotopic (exact) mass is 366 g/mol. The van der Waals surface area contributed by atoms with Gasteiger partial charge in [0.25, 0.3) is 0 Å². The first-order valence-electron chi connectivity index (χ1n) is 9.63. The van der Waals surface area contributed by atoms with Crippen LogP contribution < -0.4 is 10.2 Å². The zero-order valence-corrected chi connectivity index (χ0v) is 17.6. The van der Waals surface area contributed by atoms with Crippen LogP contribution in [-0.2, 0) is 0 Å². The van der Waals surface area contributed by atoms with E-state index >= 15 is 0 Å². The highest BCUT2D eigenvalue weighted by Gasteiger charge is 2.23. The lowest BCUT2D eigenvalue weighted by atomic mass is 9.93. The van der Waals surface area contributed by atoms with E-state index in [0.29, 0.717) is 0 Å². The molecule has 0 fully saturated rings. The van der Waals surface area contributed by atoms with Crippen LogP contribution in [0.3, 0.4) is 0 Å². The zero-order valence-electron chi connectivity index (χ0n) is 17.6. The van der Waals surface area contributed by atoms with Crippen LogP contribution in [0.15, 0.2) is 30.3 Å². The number of nitrogens with one attached hydrogen (secondary N) is 2. The van der Waals surface area contributed by atoms with Crippen molar-refractivity contribution >= 4 is 11.5 Å². The van der Waals surface area contributed by atoms with Crippen LogP contribution in [0, 0.1) is 26.2 Å². The SMILES string of the molecule is Cc1cccc(-c2cc3nc(C)c(C)c(NCC(C)(C)C[NH+](C)C)n3n2)c1. The van der Waals surface area contributed by atoms with E-state index in [1.807, 2.05) is 4.52 Å². The normalized spacial score (nSPS) is 12.1. The molecule has 1 aromatic carbocycles. The van der Waals surface area contributed by atoms with Gasteiger partial charge in [0, 0.05) is 34.8 Å². The lowest BCUT2D eigenvalue weighted by Crippen LogP contribution is -3.07. The Labute approximate surface area is 162 Å². The van der Waals surface area contributed by atoms with Crippen molar-refractivity contribution in [3.8, 4) is 11.3 Å². The lowest BCUT2D eigenvalue weighted by Gasteiger charge is -2.27. The van der Waals surface area contributed by atoms with Crippen molar-refractivity contribution in [3.63, 3.8) is 0 Å². The molecule has 0 saturated heterocycles. The standard InChI is InChI=1S/C22H31N5/c1-15-9-8-10-18(11-15)19-12-20-24-17(3)16(2)21(27(20)25-19)23-13-22(4,5)14-26(6)7/h8-12,23H,13-14H2,1-7H3/p+1. The van der Waals surface area contributed by atoms with Crippen molar-refractivity contribution in [1.29, 1.82) is 0 Å². The minimum atomic E-state index is 0.182. The maximum atomic E-state index is 4.87. The molecule has 2 aromatic heterocycles. The molecule has 5 nitrogen and oxygen atoms in total. The molecule has 144 valence electrons. The molecule has 0 aliphatic carbocycles. The molecule has 27 heavy (non-hydrogen) atoms. The van der Waals surface area contributed by atoms with E-state index in [-0.39, 0.29) is 5.41 Å². The van der Waals surface area contributed by atoms with Crippen molar-refractivity contribution in [2.45, 2.75) is 34.6 Å². The predicted molar refractivity (Wildman–Crippen MR) is 113 cm³/mol. The summed E-state index contributed by atoms with van der Waals surface area (Å²) in [5, 5.41) is 8.54. The van der Waals surface area contributed by atoms with Crippen molar-refractivity contribution in [1.82, 2.24) is 14.6 Å². The van der Waals surface area contributed by atoms with E-state index in [9.17, 15) is 0 Å². The second kappa shape index (κ2) is 7.31. The molecule has 3 aromatic rings. The number of aryl methyl sites for hydroxylation is 2. The summed E-state index contributed by atoms with van der Waals surface area (Å²) >= 11 is 0. The van der Waals surface area contributed by atoms with Gasteiger partial charge in [0.2, 0.25) is 0 Å². The Morgan fingerprint density at radius 2 is 1.85 bits per heavy atom. The van der Waals surface area contributed by atoms with E-state index < -0.39 is 0 Å². The number of rotatable bonds is 6. The van der Waals surface area contributed by atoms with Crippen LogP contribution in [0.2, 0.25) is 0 Å². The minimum Gasteiger partial charge on any atom is -0.369 e. The molecule has 0 bridgehead atoms. The van der Waals surface area contributed by atoms with Crippen molar-refractivity contribution in [3.05, 3.63) is 47.2 Å². The average molecular weight is 367 g/mol. The first-order chi connectivity index (χ1) is 12.7. The molecule has 5 heteroatoms. The highest BCUT2D eigenvalue weighted by molar-refractivity contribution is 5.67. The summed E-state index contributed by atoms with van der Waals surface area (Å²) < 4.78 is 1.96. The van der Waals surface area contributed by atoms with Crippen LogP contribution in [0.5, 0.6) is 0 Å². The van der Waals surface area contributed by atoms with Gasteiger partial charge in [-0.3, -0.25) is 0 Å². The molecular formula is C22H32N5+. The highest BCUT2D eigenvalue weighted by atomic mass is 15.3. The Bertz CT molecular complexity index is 953. The molecule has 3 rings (SSSR count). The van der Waals surface area contributed by atoms with Crippen LogP contribution in [0.1, 0.15) is 30.7 Å². The van der Waals surface area contributed by atoms with Gasteiger partial charge in [-0.15, -0.1) is 0 Å². The number of nitrogens with zero attached hydrogens (tertiary/aromatic N) is 3. The number of aromatic nitrogens is 3. The summed E-state index contributed by atoms with van der Waals surface area (Å²) in [5.74, 6) is 1.04. The van der Waals surface area contributed by atoms with Crippen LogP contribution >= 0.6 is 0 Å². The lowest BCUT2D eigenvalue weighted by molar-refractivity contribution is -0.865. The summed E-state index contributed by atoms with van der Waals surface area (Å²) in [4.78, 5) is 6.21. The molecule has 0 aliphatic heterocycles. The maximum Gasteiger partial charge on any atom is 0.158 e. The van der Waals surface area contributed by atoms with Gasteiger partial charge < -0.3 is 10.2 Å². The highest BCUT2D eigenvalue weighted by Crippen LogP contribution is 2.26. The Morgan fingerprint density at radius 1 is 1.11 bits per heavy atom. The van der Waals surface area contributed by atoms with Gasteiger partial charge >= 0.3 is 0 Å². The van der Waals surface area contributed by atoms with Crippen LogP contribution in [0.25, 0.3) is 16.9 Å². The summed E-state index contributed by atoms with van der Waals surface area (Å²) in [6, 6.07) is 10.5. The van der Waals surface area contributed by atoms with Gasteiger partial charge in [-0.1, -0.05) is 37.6 Å². The largest absolute Gasteiger partial charge is 0.369 e. The third-order valence-electron chi connectivity index (χ3n) is 4.96. The average Bonchev–Trinajstić information content (AvgIpc) is 2.97.